The molecule has 1 fully saturated rings. The average molecular weight is 327 g/mol. The highest BCUT2D eigenvalue weighted by atomic mass is 79.9. The Morgan fingerprint density at radius 1 is 1.32 bits per heavy atom. The van der Waals surface area contributed by atoms with E-state index in [1.807, 2.05) is 0 Å². The van der Waals surface area contributed by atoms with E-state index in [4.69, 9.17) is 0 Å². The second-order valence-corrected chi connectivity index (χ2v) is 6.86. The molecule has 2 rings (SSSR count). The van der Waals surface area contributed by atoms with Gasteiger partial charge in [-0.05, 0) is 51.6 Å². The fraction of sp³-hybridized carbons (Fsp3) is 0.600. The van der Waals surface area contributed by atoms with Gasteiger partial charge in [-0.3, -0.25) is 4.90 Å². The highest BCUT2D eigenvalue weighted by molar-refractivity contribution is 9.10. The van der Waals surface area contributed by atoms with Gasteiger partial charge in [-0.2, -0.15) is 0 Å². The van der Waals surface area contributed by atoms with Crippen LogP contribution in [0.4, 0.5) is 5.69 Å². The Hall–Kier alpha value is -0.580. The van der Waals surface area contributed by atoms with Crippen molar-refractivity contribution in [3.05, 3.63) is 28.7 Å². The second kappa shape index (κ2) is 5.81. The van der Waals surface area contributed by atoms with Gasteiger partial charge in [0.25, 0.3) is 0 Å². The Balaban J connectivity index is 2.20. The van der Waals surface area contributed by atoms with Crippen LogP contribution in [0.2, 0.25) is 0 Å². The second-order valence-electron chi connectivity index (χ2n) is 5.95. The Labute approximate surface area is 124 Å². The van der Waals surface area contributed by atoms with Crippen LogP contribution in [0.1, 0.15) is 20.3 Å². The number of aliphatic hydroxyl groups is 1. The third kappa shape index (κ3) is 3.30. The maximum atomic E-state index is 9.25. The summed E-state index contributed by atoms with van der Waals surface area (Å²) in [6.07, 6.45) is 0.826. The zero-order valence-electron chi connectivity index (χ0n) is 11.9. The molecule has 19 heavy (non-hydrogen) atoms. The lowest BCUT2D eigenvalue weighted by atomic mass is 9.94. The zero-order valence-corrected chi connectivity index (χ0v) is 13.5. The van der Waals surface area contributed by atoms with Crippen molar-refractivity contribution in [1.82, 2.24) is 4.90 Å². The average Bonchev–Trinajstić information content (AvgIpc) is 2.36. The van der Waals surface area contributed by atoms with Gasteiger partial charge in [0.15, 0.2) is 0 Å². The van der Waals surface area contributed by atoms with Crippen LogP contribution in [0, 0.1) is 0 Å². The molecule has 0 saturated carbocycles. The van der Waals surface area contributed by atoms with E-state index in [1.54, 1.807) is 0 Å². The number of hydrogen-bond donors (Lipinski definition) is 1. The van der Waals surface area contributed by atoms with E-state index in [0.717, 1.165) is 24.0 Å². The molecule has 1 aromatic carbocycles. The third-order valence-corrected chi connectivity index (χ3v) is 4.69. The van der Waals surface area contributed by atoms with Crippen LogP contribution in [-0.2, 0) is 0 Å². The van der Waals surface area contributed by atoms with Gasteiger partial charge in [-0.25, -0.2) is 0 Å². The fourth-order valence-corrected chi connectivity index (χ4v) is 3.06. The van der Waals surface area contributed by atoms with Crippen molar-refractivity contribution >= 4 is 21.6 Å². The first-order valence-corrected chi connectivity index (χ1v) is 7.57. The molecule has 1 atom stereocenters. The molecule has 0 spiro atoms. The lowest BCUT2D eigenvalue weighted by Gasteiger charge is -2.51. The number of anilines is 1. The molecule has 0 aromatic heterocycles. The predicted molar refractivity (Wildman–Crippen MR) is 83.7 cm³/mol. The van der Waals surface area contributed by atoms with Gasteiger partial charge in [0.1, 0.15) is 0 Å². The van der Waals surface area contributed by atoms with Crippen LogP contribution in [0.25, 0.3) is 0 Å². The summed E-state index contributed by atoms with van der Waals surface area (Å²) in [6.45, 7) is 6.76. The smallest absolute Gasteiger partial charge is 0.0446 e. The molecule has 1 aliphatic heterocycles. The quantitative estimate of drug-likeness (QED) is 0.925. The van der Waals surface area contributed by atoms with Gasteiger partial charge in [-0.15, -0.1) is 0 Å². The number of benzene rings is 1. The van der Waals surface area contributed by atoms with Gasteiger partial charge in [-0.1, -0.05) is 15.9 Å². The maximum absolute atomic E-state index is 9.25. The minimum absolute atomic E-state index is 0.116. The monoisotopic (exact) mass is 326 g/mol. The van der Waals surface area contributed by atoms with Gasteiger partial charge in [0.05, 0.1) is 0 Å². The minimum Gasteiger partial charge on any atom is -0.396 e. The molecule has 106 valence electrons. The highest BCUT2D eigenvalue weighted by Gasteiger charge is 2.37. The first-order chi connectivity index (χ1) is 8.94. The van der Waals surface area contributed by atoms with E-state index in [-0.39, 0.29) is 12.1 Å². The minimum atomic E-state index is 0.116. The molecule has 1 unspecified atom stereocenters. The van der Waals surface area contributed by atoms with E-state index in [1.165, 1.54) is 5.69 Å². The summed E-state index contributed by atoms with van der Waals surface area (Å²) >= 11 is 3.48. The molecule has 1 aliphatic rings. The molecule has 1 heterocycles. The van der Waals surface area contributed by atoms with Crippen molar-refractivity contribution in [2.45, 2.75) is 31.8 Å². The highest BCUT2D eigenvalue weighted by Crippen LogP contribution is 2.29. The van der Waals surface area contributed by atoms with Gasteiger partial charge >= 0.3 is 0 Å². The van der Waals surface area contributed by atoms with Crippen molar-refractivity contribution < 1.29 is 5.11 Å². The summed E-state index contributed by atoms with van der Waals surface area (Å²) in [7, 11) is 2.17. The molecule has 1 saturated heterocycles. The van der Waals surface area contributed by atoms with Crippen molar-refractivity contribution in [3.8, 4) is 0 Å². The summed E-state index contributed by atoms with van der Waals surface area (Å²) in [6, 6.07) is 8.88. The van der Waals surface area contributed by atoms with E-state index in [2.05, 4.69) is 70.9 Å². The fourth-order valence-electron chi connectivity index (χ4n) is 2.80. The summed E-state index contributed by atoms with van der Waals surface area (Å²) in [5, 5.41) is 9.25. The lowest BCUT2D eigenvalue weighted by Crippen LogP contribution is -2.62. The maximum Gasteiger partial charge on any atom is 0.0446 e. The number of likely N-dealkylation sites (N-methyl/N-ethyl adjacent to an activating group) is 1. The van der Waals surface area contributed by atoms with Gasteiger partial charge in [0.2, 0.25) is 0 Å². The topological polar surface area (TPSA) is 26.7 Å². The number of halogens is 1. The van der Waals surface area contributed by atoms with E-state index < -0.39 is 0 Å². The van der Waals surface area contributed by atoms with E-state index in [9.17, 15) is 5.11 Å². The molecular weight excluding hydrogens is 304 g/mol. The largest absolute Gasteiger partial charge is 0.396 e. The summed E-state index contributed by atoms with van der Waals surface area (Å²) in [5.41, 5.74) is 1.37. The Kier molecular flexibility index (Phi) is 4.54. The molecule has 0 bridgehead atoms. The molecule has 0 amide bonds. The van der Waals surface area contributed by atoms with Crippen molar-refractivity contribution in [1.29, 1.82) is 0 Å². The number of nitrogens with zero attached hydrogens (tertiary/aromatic N) is 2. The van der Waals surface area contributed by atoms with Gasteiger partial charge in [0, 0.05) is 41.4 Å². The first-order valence-electron chi connectivity index (χ1n) is 6.78. The normalized spacial score (nSPS) is 23.6. The van der Waals surface area contributed by atoms with E-state index >= 15 is 0 Å². The Bertz CT molecular complexity index is 419. The summed E-state index contributed by atoms with van der Waals surface area (Å²) < 4.78 is 1.11. The lowest BCUT2D eigenvalue weighted by molar-refractivity contribution is 0.0651. The SMILES string of the molecule is CN1C(CCO)CN(c2ccc(Br)cc2)CC1(C)C. The summed E-state index contributed by atoms with van der Waals surface area (Å²) in [4.78, 5) is 4.82. The molecular formula is C15H23BrN2O. The first kappa shape index (κ1) is 14.8. The van der Waals surface area contributed by atoms with Crippen molar-refractivity contribution in [2.75, 3.05) is 31.6 Å². The molecule has 0 aliphatic carbocycles. The zero-order chi connectivity index (χ0) is 14.0. The van der Waals surface area contributed by atoms with E-state index in [0.29, 0.717) is 6.04 Å². The number of aliphatic hydroxyl groups excluding tert-OH is 1. The van der Waals surface area contributed by atoms with Crippen LogP contribution >= 0.6 is 15.9 Å². The van der Waals surface area contributed by atoms with Crippen molar-refractivity contribution in [3.63, 3.8) is 0 Å². The van der Waals surface area contributed by atoms with Crippen LogP contribution in [0.3, 0.4) is 0 Å². The predicted octanol–water partition coefficient (Wildman–Crippen LogP) is 2.73. The summed E-state index contributed by atoms with van der Waals surface area (Å²) in [5.74, 6) is 0. The van der Waals surface area contributed by atoms with Gasteiger partial charge < -0.3 is 10.0 Å². The van der Waals surface area contributed by atoms with Crippen LogP contribution in [0.5, 0.6) is 0 Å². The molecule has 0 radical (unpaired) electrons. The van der Waals surface area contributed by atoms with Crippen LogP contribution in [0.15, 0.2) is 28.7 Å². The molecule has 3 nitrogen and oxygen atoms in total. The Morgan fingerprint density at radius 3 is 2.53 bits per heavy atom. The number of piperazine rings is 1. The Morgan fingerprint density at radius 2 is 1.95 bits per heavy atom. The molecule has 1 aromatic rings. The number of rotatable bonds is 3. The number of hydrogen-bond acceptors (Lipinski definition) is 3. The third-order valence-electron chi connectivity index (χ3n) is 4.17. The van der Waals surface area contributed by atoms with Crippen LogP contribution < -0.4 is 4.90 Å². The molecule has 4 heteroatoms. The standard InChI is InChI=1S/C15H23BrN2O/c1-15(2)11-18(10-14(8-9-19)17(15)3)13-6-4-12(16)5-7-13/h4-7,14,19H,8-11H2,1-3H3. The molecule has 1 N–H and O–H groups in total. The van der Waals surface area contributed by atoms with Crippen molar-refractivity contribution in [2.24, 2.45) is 0 Å². The van der Waals surface area contributed by atoms with Crippen LogP contribution in [-0.4, -0.2) is 48.3 Å².